The van der Waals surface area contributed by atoms with Crippen LogP contribution in [0.1, 0.15) is 12.0 Å². The van der Waals surface area contributed by atoms with Crippen molar-refractivity contribution in [3.05, 3.63) is 28.8 Å². The fourth-order valence-corrected chi connectivity index (χ4v) is 2.01. The van der Waals surface area contributed by atoms with E-state index in [0.29, 0.717) is 13.0 Å². The van der Waals surface area contributed by atoms with Gasteiger partial charge in [0.05, 0.1) is 23.8 Å². The summed E-state index contributed by atoms with van der Waals surface area (Å²) < 4.78 is 43.5. The molecule has 2 rings (SSSR count). The fraction of sp³-hybridized carbons (Fsp3) is 0.417. The van der Waals surface area contributed by atoms with Crippen LogP contribution in [-0.4, -0.2) is 19.1 Å². The van der Waals surface area contributed by atoms with Crippen LogP contribution in [0.25, 0.3) is 0 Å². The average molecular weight is 294 g/mol. The molecule has 1 unspecified atom stereocenters. The van der Waals surface area contributed by atoms with E-state index in [4.69, 9.17) is 16.3 Å². The topological polar surface area (TPSA) is 38.3 Å². The highest BCUT2D eigenvalue weighted by Gasteiger charge is 2.35. The zero-order valence-electron chi connectivity index (χ0n) is 9.76. The molecule has 1 aromatic carbocycles. The van der Waals surface area contributed by atoms with Gasteiger partial charge in [-0.05, 0) is 24.6 Å². The normalized spacial score (nSPS) is 19.5. The van der Waals surface area contributed by atoms with Gasteiger partial charge in [0.25, 0.3) is 0 Å². The number of carbonyl (C=O) groups is 1. The van der Waals surface area contributed by atoms with Crippen LogP contribution in [0.5, 0.6) is 0 Å². The number of anilines is 1. The molecule has 104 valence electrons. The maximum absolute atomic E-state index is 12.8. The third kappa shape index (κ3) is 3.39. The van der Waals surface area contributed by atoms with E-state index in [9.17, 15) is 18.0 Å². The second kappa shape index (κ2) is 5.38. The molecule has 1 heterocycles. The van der Waals surface area contributed by atoms with Gasteiger partial charge in [0.1, 0.15) is 0 Å². The van der Waals surface area contributed by atoms with E-state index in [2.05, 4.69) is 5.32 Å². The Hall–Kier alpha value is -1.27. The lowest BCUT2D eigenvalue weighted by atomic mass is 10.1. The van der Waals surface area contributed by atoms with E-state index in [1.54, 1.807) is 0 Å². The Kier molecular flexibility index (Phi) is 4.01. The molecule has 0 bridgehead atoms. The Labute approximate surface area is 112 Å². The molecule has 1 atom stereocenters. The number of alkyl halides is 3. The Morgan fingerprint density at radius 1 is 1.42 bits per heavy atom. The van der Waals surface area contributed by atoms with Crippen LogP contribution in [0.3, 0.4) is 0 Å². The van der Waals surface area contributed by atoms with E-state index in [-0.39, 0.29) is 17.3 Å². The number of amides is 1. The highest BCUT2D eigenvalue weighted by Crippen LogP contribution is 2.36. The smallest absolute Gasteiger partial charge is 0.381 e. The third-order valence-electron chi connectivity index (χ3n) is 2.85. The number of hydrogen-bond acceptors (Lipinski definition) is 2. The van der Waals surface area contributed by atoms with Crippen LogP contribution in [-0.2, 0) is 15.7 Å². The van der Waals surface area contributed by atoms with E-state index in [0.717, 1.165) is 12.1 Å². The summed E-state index contributed by atoms with van der Waals surface area (Å²) in [6.07, 6.45) is -4.06. The monoisotopic (exact) mass is 293 g/mol. The molecule has 3 nitrogen and oxygen atoms in total. The van der Waals surface area contributed by atoms with Gasteiger partial charge in [-0.1, -0.05) is 11.6 Å². The van der Waals surface area contributed by atoms with Crippen LogP contribution >= 0.6 is 11.6 Å². The summed E-state index contributed by atoms with van der Waals surface area (Å²) in [6.45, 7) is 0.686. The van der Waals surface area contributed by atoms with Crippen LogP contribution in [0.15, 0.2) is 18.2 Å². The number of benzene rings is 1. The van der Waals surface area contributed by atoms with Crippen molar-refractivity contribution in [2.45, 2.75) is 12.6 Å². The first-order valence-corrected chi connectivity index (χ1v) is 6.01. The van der Waals surface area contributed by atoms with Crippen molar-refractivity contribution in [2.75, 3.05) is 18.5 Å². The Bertz CT molecular complexity index is 484. The molecule has 1 fully saturated rings. The predicted octanol–water partition coefficient (Wildman–Crippen LogP) is 3.33. The maximum Gasteiger partial charge on any atom is 0.418 e. The van der Waals surface area contributed by atoms with E-state index >= 15 is 0 Å². The van der Waals surface area contributed by atoms with Crippen LogP contribution in [0, 0.1) is 5.92 Å². The van der Waals surface area contributed by atoms with Gasteiger partial charge in [-0.15, -0.1) is 0 Å². The van der Waals surface area contributed by atoms with E-state index in [1.807, 2.05) is 0 Å². The number of nitrogens with one attached hydrogen (secondary N) is 1. The molecule has 1 aliphatic heterocycles. The summed E-state index contributed by atoms with van der Waals surface area (Å²) in [6, 6.07) is 3.25. The SMILES string of the molecule is O=C(Nc1ccc(Cl)cc1C(F)(F)F)C1CCOC1. The molecule has 1 aliphatic rings. The summed E-state index contributed by atoms with van der Waals surface area (Å²) in [7, 11) is 0. The fourth-order valence-electron chi connectivity index (χ4n) is 1.84. The Morgan fingerprint density at radius 3 is 2.74 bits per heavy atom. The van der Waals surface area contributed by atoms with Crippen molar-refractivity contribution in [3.63, 3.8) is 0 Å². The second-order valence-electron chi connectivity index (χ2n) is 4.24. The molecule has 1 saturated heterocycles. The summed E-state index contributed by atoms with van der Waals surface area (Å²) in [4.78, 5) is 11.8. The molecule has 0 radical (unpaired) electrons. The van der Waals surface area contributed by atoms with Crippen molar-refractivity contribution < 1.29 is 22.7 Å². The van der Waals surface area contributed by atoms with Crippen molar-refractivity contribution in [1.29, 1.82) is 0 Å². The van der Waals surface area contributed by atoms with Crippen molar-refractivity contribution in [3.8, 4) is 0 Å². The van der Waals surface area contributed by atoms with Crippen molar-refractivity contribution in [2.24, 2.45) is 5.92 Å². The van der Waals surface area contributed by atoms with Crippen molar-refractivity contribution in [1.82, 2.24) is 0 Å². The molecule has 7 heteroatoms. The number of hydrogen-bond donors (Lipinski definition) is 1. The first-order valence-electron chi connectivity index (χ1n) is 5.63. The van der Waals surface area contributed by atoms with Crippen molar-refractivity contribution >= 4 is 23.2 Å². The quantitative estimate of drug-likeness (QED) is 0.908. The summed E-state index contributed by atoms with van der Waals surface area (Å²) in [5.41, 5.74) is -1.24. The van der Waals surface area contributed by atoms with Gasteiger partial charge in [0.2, 0.25) is 5.91 Å². The number of ether oxygens (including phenoxy) is 1. The molecule has 19 heavy (non-hydrogen) atoms. The molecular weight excluding hydrogens is 283 g/mol. The summed E-state index contributed by atoms with van der Waals surface area (Å²) in [5, 5.41) is 2.26. The lowest BCUT2D eigenvalue weighted by molar-refractivity contribution is -0.137. The van der Waals surface area contributed by atoms with Crippen LogP contribution in [0.2, 0.25) is 5.02 Å². The van der Waals surface area contributed by atoms with Gasteiger partial charge in [-0.2, -0.15) is 13.2 Å². The van der Waals surface area contributed by atoms with E-state index < -0.39 is 23.6 Å². The Morgan fingerprint density at radius 2 is 2.16 bits per heavy atom. The number of rotatable bonds is 2. The molecule has 0 aliphatic carbocycles. The van der Waals surface area contributed by atoms with E-state index in [1.165, 1.54) is 6.07 Å². The number of halogens is 4. The zero-order chi connectivity index (χ0) is 14.0. The number of carbonyl (C=O) groups excluding carboxylic acids is 1. The lowest BCUT2D eigenvalue weighted by Gasteiger charge is -2.15. The average Bonchev–Trinajstić information content (AvgIpc) is 2.83. The third-order valence-corrected chi connectivity index (χ3v) is 3.08. The molecule has 0 saturated carbocycles. The second-order valence-corrected chi connectivity index (χ2v) is 4.67. The van der Waals surface area contributed by atoms with Gasteiger partial charge in [-0.3, -0.25) is 4.79 Å². The van der Waals surface area contributed by atoms with Gasteiger partial charge in [0.15, 0.2) is 0 Å². The van der Waals surface area contributed by atoms with Crippen LogP contribution in [0.4, 0.5) is 18.9 Å². The minimum Gasteiger partial charge on any atom is -0.381 e. The van der Waals surface area contributed by atoms with Crippen LogP contribution < -0.4 is 5.32 Å². The minimum absolute atomic E-state index is 0.0328. The lowest BCUT2D eigenvalue weighted by Crippen LogP contribution is -2.24. The highest BCUT2D eigenvalue weighted by atomic mass is 35.5. The maximum atomic E-state index is 12.8. The molecule has 1 N–H and O–H groups in total. The Balaban J connectivity index is 2.22. The molecule has 0 spiro atoms. The van der Waals surface area contributed by atoms with Gasteiger partial charge < -0.3 is 10.1 Å². The minimum atomic E-state index is -4.57. The first kappa shape index (κ1) is 14.1. The summed E-state index contributed by atoms with van der Waals surface area (Å²) in [5.74, 6) is -0.873. The largest absolute Gasteiger partial charge is 0.418 e. The standard InChI is InChI=1S/C12H11ClF3NO2/c13-8-1-2-10(9(5-8)12(14,15)16)17-11(18)7-3-4-19-6-7/h1-2,5,7H,3-4,6H2,(H,17,18). The predicted molar refractivity (Wildman–Crippen MR) is 64.0 cm³/mol. The molecule has 1 amide bonds. The molecule has 1 aromatic rings. The molecule has 0 aromatic heterocycles. The molecular formula is C12H11ClF3NO2. The highest BCUT2D eigenvalue weighted by molar-refractivity contribution is 6.30. The van der Waals surface area contributed by atoms with Gasteiger partial charge in [-0.25, -0.2) is 0 Å². The zero-order valence-corrected chi connectivity index (χ0v) is 10.5. The first-order chi connectivity index (χ1) is 8.88. The van der Waals surface area contributed by atoms with Gasteiger partial charge >= 0.3 is 6.18 Å². The summed E-state index contributed by atoms with van der Waals surface area (Å²) >= 11 is 5.55. The van der Waals surface area contributed by atoms with Gasteiger partial charge in [0, 0.05) is 11.6 Å².